The van der Waals surface area contributed by atoms with E-state index in [4.69, 9.17) is 5.11 Å². The van der Waals surface area contributed by atoms with Gasteiger partial charge in [0.2, 0.25) is 0 Å². The van der Waals surface area contributed by atoms with Crippen LogP contribution in [-0.2, 0) is 11.3 Å². The lowest BCUT2D eigenvalue weighted by Crippen LogP contribution is -2.48. The first-order valence-electron chi connectivity index (χ1n) is 6.57. The molecule has 1 aliphatic rings. The third-order valence-corrected chi connectivity index (χ3v) is 5.08. The molecule has 1 aliphatic carbocycles. The summed E-state index contributed by atoms with van der Waals surface area (Å²) in [5.41, 5.74) is 0. The molecule has 0 bridgehead atoms. The molecule has 2 rings (SSSR count). The van der Waals surface area contributed by atoms with Crippen molar-refractivity contribution < 1.29 is 14.7 Å². The van der Waals surface area contributed by atoms with Crippen molar-refractivity contribution in [3.05, 3.63) is 20.8 Å². The maximum absolute atomic E-state index is 11.8. The van der Waals surface area contributed by atoms with Crippen molar-refractivity contribution in [1.82, 2.24) is 10.6 Å². The van der Waals surface area contributed by atoms with Gasteiger partial charge >= 0.3 is 12.0 Å². The lowest BCUT2D eigenvalue weighted by Gasteiger charge is -2.29. The average Bonchev–Trinajstić information content (AvgIpc) is 2.83. The van der Waals surface area contributed by atoms with Gasteiger partial charge in [-0.1, -0.05) is 12.8 Å². The lowest BCUT2D eigenvalue weighted by molar-refractivity contribution is -0.143. The Bertz CT molecular complexity index is 492. The lowest BCUT2D eigenvalue weighted by atomic mass is 9.84. The number of carbonyl (C=O) groups excluding carboxylic acids is 1. The summed E-state index contributed by atoms with van der Waals surface area (Å²) >= 11 is 4.93. The Hall–Kier alpha value is -1.08. The molecule has 0 aliphatic heterocycles. The average molecular weight is 361 g/mol. The van der Waals surface area contributed by atoms with Crippen LogP contribution in [0.5, 0.6) is 0 Å². The largest absolute Gasteiger partial charge is 0.481 e. The zero-order valence-corrected chi connectivity index (χ0v) is 13.3. The van der Waals surface area contributed by atoms with Gasteiger partial charge in [-0.2, -0.15) is 0 Å². The van der Waals surface area contributed by atoms with E-state index in [-0.39, 0.29) is 12.1 Å². The first kappa shape index (κ1) is 15.3. The highest BCUT2D eigenvalue weighted by Crippen LogP contribution is 2.25. The second-order valence-electron chi connectivity index (χ2n) is 4.87. The summed E-state index contributed by atoms with van der Waals surface area (Å²) in [6.07, 6.45) is 3.25. The van der Waals surface area contributed by atoms with Crippen LogP contribution in [0.1, 0.15) is 30.6 Å². The van der Waals surface area contributed by atoms with E-state index in [0.717, 1.165) is 27.9 Å². The van der Waals surface area contributed by atoms with Gasteiger partial charge in [-0.3, -0.25) is 4.79 Å². The third-order valence-electron chi connectivity index (χ3n) is 3.45. The molecule has 1 heterocycles. The minimum Gasteiger partial charge on any atom is -0.481 e. The fraction of sp³-hybridized carbons (Fsp3) is 0.538. The molecule has 1 fully saturated rings. The maximum atomic E-state index is 11.8. The van der Waals surface area contributed by atoms with Gasteiger partial charge in [0, 0.05) is 10.9 Å². The molecule has 2 unspecified atom stereocenters. The zero-order valence-electron chi connectivity index (χ0n) is 10.9. The molecule has 5 nitrogen and oxygen atoms in total. The van der Waals surface area contributed by atoms with Crippen LogP contribution in [-0.4, -0.2) is 23.1 Å². The van der Waals surface area contributed by atoms with Crippen molar-refractivity contribution in [3.63, 3.8) is 0 Å². The predicted octanol–water partition coefficient (Wildman–Crippen LogP) is 2.95. The molecule has 0 spiro atoms. The Kier molecular flexibility index (Phi) is 5.42. The van der Waals surface area contributed by atoms with Gasteiger partial charge in [0.25, 0.3) is 0 Å². The van der Waals surface area contributed by atoms with E-state index in [2.05, 4.69) is 26.6 Å². The van der Waals surface area contributed by atoms with Crippen molar-refractivity contribution in [2.45, 2.75) is 38.3 Å². The number of carboxylic acids is 1. The van der Waals surface area contributed by atoms with E-state index in [1.165, 1.54) is 0 Å². The van der Waals surface area contributed by atoms with Crippen molar-refractivity contribution in [2.75, 3.05) is 0 Å². The summed E-state index contributed by atoms with van der Waals surface area (Å²) in [7, 11) is 0. The second-order valence-corrected chi connectivity index (χ2v) is 7.42. The summed E-state index contributed by atoms with van der Waals surface area (Å²) in [6, 6.07) is 3.31. The smallest absolute Gasteiger partial charge is 0.315 e. The minimum atomic E-state index is -0.822. The number of halogens is 1. The van der Waals surface area contributed by atoms with Crippen LogP contribution in [0.4, 0.5) is 4.79 Å². The van der Waals surface area contributed by atoms with Gasteiger partial charge < -0.3 is 15.7 Å². The first-order valence-corrected chi connectivity index (χ1v) is 8.18. The van der Waals surface area contributed by atoms with E-state index >= 15 is 0 Å². The zero-order chi connectivity index (χ0) is 14.5. The molecule has 2 atom stereocenters. The molecule has 7 heteroatoms. The second kappa shape index (κ2) is 7.08. The predicted molar refractivity (Wildman–Crippen MR) is 80.8 cm³/mol. The number of nitrogens with one attached hydrogen (secondary N) is 2. The standard InChI is InChI=1S/C13H17BrN2O3S/c14-11-6-5-8(20-11)7-15-13(19)16-10-4-2-1-3-9(10)12(17)18/h5-6,9-10H,1-4,7H2,(H,17,18)(H2,15,16,19). The summed E-state index contributed by atoms with van der Waals surface area (Å²) in [5.74, 6) is -1.29. The third kappa shape index (κ3) is 4.21. The summed E-state index contributed by atoms with van der Waals surface area (Å²) < 4.78 is 1.02. The van der Waals surface area contributed by atoms with Crippen LogP contribution < -0.4 is 10.6 Å². The SMILES string of the molecule is O=C(NCc1ccc(Br)s1)NC1CCCCC1C(=O)O. The van der Waals surface area contributed by atoms with Gasteiger partial charge in [-0.05, 0) is 40.9 Å². The molecule has 0 aromatic carbocycles. The molecule has 1 saturated carbocycles. The number of hydrogen-bond donors (Lipinski definition) is 3. The Balaban J connectivity index is 1.82. The normalized spacial score (nSPS) is 22.2. The van der Waals surface area contributed by atoms with Crippen molar-refractivity contribution in [2.24, 2.45) is 5.92 Å². The van der Waals surface area contributed by atoms with Crippen LogP contribution in [0, 0.1) is 5.92 Å². The highest BCUT2D eigenvalue weighted by atomic mass is 79.9. The Morgan fingerprint density at radius 2 is 2.10 bits per heavy atom. The molecular formula is C13H17BrN2O3S. The number of hydrogen-bond acceptors (Lipinski definition) is 3. The van der Waals surface area contributed by atoms with Gasteiger partial charge in [-0.15, -0.1) is 11.3 Å². The number of carboxylic acid groups (broad SMARTS) is 1. The van der Waals surface area contributed by atoms with Crippen LogP contribution >= 0.6 is 27.3 Å². The number of amides is 2. The van der Waals surface area contributed by atoms with E-state index < -0.39 is 11.9 Å². The highest BCUT2D eigenvalue weighted by Gasteiger charge is 2.31. The van der Waals surface area contributed by atoms with E-state index in [9.17, 15) is 9.59 Å². The Labute approximate surface area is 129 Å². The Morgan fingerprint density at radius 3 is 2.75 bits per heavy atom. The molecule has 1 aromatic heterocycles. The fourth-order valence-electron chi connectivity index (χ4n) is 2.43. The Morgan fingerprint density at radius 1 is 1.35 bits per heavy atom. The fourth-order valence-corrected chi connectivity index (χ4v) is 3.86. The minimum absolute atomic E-state index is 0.267. The number of thiophene rings is 1. The topological polar surface area (TPSA) is 78.4 Å². The number of carbonyl (C=O) groups is 2. The highest BCUT2D eigenvalue weighted by molar-refractivity contribution is 9.11. The van der Waals surface area contributed by atoms with E-state index in [1.807, 2.05) is 12.1 Å². The molecular weight excluding hydrogens is 344 g/mol. The van der Waals surface area contributed by atoms with Crippen molar-refractivity contribution in [3.8, 4) is 0 Å². The van der Waals surface area contributed by atoms with Crippen molar-refractivity contribution in [1.29, 1.82) is 0 Å². The summed E-state index contributed by atoms with van der Waals surface area (Å²) in [4.78, 5) is 24.0. The molecule has 1 aromatic rings. The molecule has 0 saturated heterocycles. The van der Waals surface area contributed by atoms with E-state index in [0.29, 0.717) is 13.0 Å². The molecule has 20 heavy (non-hydrogen) atoms. The number of aliphatic carboxylic acids is 1. The molecule has 2 amide bonds. The molecule has 3 N–H and O–H groups in total. The molecule has 0 radical (unpaired) electrons. The number of rotatable bonds is 4. The van der Waals surface area contributed by atoms with Gasteiger partial charge in [0.1, 0.15) is 0 Å². The van der Waals surface area contributed by atoms with Gasteiger partial charge in [-0.25, -0.2) is 4.79 Å². The van der Waals surface area contributed by atoms with Gasteiger partial charge in [0.15, 0.2) is 0 Å². The summed E-state index contributed by atoms with van der Waals surface area (Å²) in [6.45, 7) is 0.451. The quantitative estimate of drug-likeness (QED) is 0.772. The van der Waals surface area contributed by atoms with Crippen LogP contribution in [0.15, 0.2) is 15.9 Å². The number of urea groups is 1. The maximum Gasteiger partial charge on any atom is 0.315 e. The van der Waals surface area contributed by atoms with Crippen LogP contribution in [0.2, 0.25) is 0 Å². The molecule has 110 valence electrons. The van der Waals surface area contributed by atoms with Crippen molar-refractivity contribution >= 4 is 39.3 Å². The van der Waals surface area contributed by atoms with Gasteiger partial charge in [0.05, 0.1) is 16.2 Å². The van der Waals surface area contributed by atoms with Crippen LogP contribution in [0.25, 0.3) is 0 Å². The first-order chi connectivity index (χ1) is 9.56. The summed E-state index contributed by atoms with van der Waals surface area (Å²) in [5, 5.41) is 14.7. The van der Waals surface area contributed by atoms with Crippen LogP contribution in [0.3, 0.4) is 0 Å². The monoisotopic (exact) mass is 360 g/mol. The van der Waals surface area contributed by atoms with E-state index in [1.54, 1.807) is 11.3 Å².